The summed E-state index contributed by atoms with van der Waals surface area (Å²) in [4.78, 5) is 16.5. The molecular formula is C27H30N2OS. The van der Waals surface area contributed by atoms with E-state index in [0.717, 1.165) is 43.9 Å². The van der Waals surface area contributed by atoms with E-state index in [9.17, 15) is 4.79 Å². The van der Waals surface area contributed by atoms with Crippen LogP contribution >= 0.6 is 11.8 Å². The number of nitrogens with zero attached hydrogens (tertiary/aromatic N) is 1. The van der Waals surface area contributed by atoms with Gasteiger partial charge in [0, 0.05) is 29.4 Å². The van der Waals surface area contributed by atoms with Crippen LogP contribution < -0.4 is 5.32 Å². The fourth-order valence-electron chi connectivity index (χ4n) is 3.98. The molecule has 1 atom stereocenters. The molecule has 1 amide bonds. The van der Waals surface area contributed by atoms with E-state index in [0.29, 0.717) is 0 Å². The number of nitrogens with one attached hydrogen (secondary N) is 1. The number of rotatable bonds is 7. The Bertz CT molecular complexity index is 970. The summed E-state index contributed by atoms with van der Waals surface area (Å²) in [6, 6.07) is 27.4. The Hall–Kier alpha value is -2.56. The Morgan fingerprint density at radius 2 is 1.68 bits per heavy atom. The van der Waals surface area contributed by atoms with Gasteiger partial charge in [-0.15, -0.1) is 11.8 Å². The molecule has 3 aromatic carbocycles. The molecule has 1 aliphatic rings. The molecule has 4 rings (SSSR count). The van der Waals surface area contributed by atoms with E-state index in [1.807, 2.05) is 30.0 Å². The highest BCUT2D eigenvalue weighted by Gasteiger charge is 2.25. The minimum atomic E-state index is 0.0486. The summed E-state index contributed by atoms with van der Waals surface area (Å²) in [6.45, 7) is 4.91. The van der Waals surface area contributed by atoms with E-state index in [4.69, 9.17) is 0 Å². The second kappa shape index (κ2) is 10.7. The zero-order chi connectivity index (χ0) is 21.5. The molecule has 0 saturated carbocycles. The van der Waals surface area contributed by atoms with Gasteiger partial charge in [-0.1, -0.05) is 60.2 Å². The van der Waals surface area contributed by atoms with Crippen molar-refractivity contribution in [3.63, 3.8) is 0 Å². The van der Waals surface area contributed by atoms with Crippen molar-refractivity contribution >= 4 is 23.4 Å². The number of carbonyl (C=O) groups excluding carboxylic acids is 1. The molecule has 1 aliphatic heterocycles. The first-order valence-corrected chi connectivity index (χ1v) is 12.0. The molecule has 0 bridgehead atoms. The number of thioether (sulfide) groups is 1. The molecule has 1 heterocycles. The molecule has 0 spiro atoms. The topological polar surface area (TPSA) is 32.3 Å². The number of amides is 1. The average Bonchev–Trinajstić information content (AvgIpc) is 2.81. The lowest BCUT2D eigenvalue weighted by Gasteiger charge is -2.32. The van der Waals surface area contributed by atoms with Gasteiger partial charge >= 0.3 is 0 Å². The van der Waals surface area contributed by atoms with Gasteiger partial charge in [0.15, 0.2) is 0 Å². The third-order valence-electron chi connectivity index (χ3n) is 5.77. The third-order valence-corrected chi connectivity index (χ3v) is 6.86. The highest BCUT2D eigenvalue weighted by Crippen LogP contribution is 2.24. The van der Waals surface area contributed by atoms with Gasteiger partial charge in [0.25, 0.3) is 0 Å². The summed E-state index contributed by atoms with van der Waals surface area (Å²) in [5, 5.41) is 3.13. The third kappa shape index (κ3) is 6.46. The van der Waals surface area contributed by atoms with Crippen LogP contribution in [0.25, 0.3) is 0 Å². The lowest BCUT2D eigenvalue weighted by atomic mass is 9.96. The molecule has 0 aromatic heterocycles. The number of piperidine rings is 1. The van der Waals surface area contributed by atoms with Crippen molar-refractivity contribution in [2.24, 2.45) is 5.92 Å². The SMILES string of the molecule is Cc1ccc(CN2CCCC(C(=O)Nc3ccc(CSc4ccccc4)cc3)C2)cc1. The van der Waals surface area contributed by atoms with Crippen LogP contribution in [0.5, 0.6) is 0 Å². The maximum Gasteiger partial charge on any atom is 0.228 e. The normalized spacial score (nSPS) is 16.7. The summed E-state index contributed by atoms with van der Waals surface area (Å²) < 4.78 is 0. The van der Waals surface area contributed by atoms with Crippen LogP contribution in [0.15, 0.2) is 83.8 Å². The predicted octanol–water partition coefficient (Wildman–Crippen LogP) is 6.14. The highest BCUT2D eigenvalue weighted by atomic mass is 32.2. The van der Waals surface area contributed by atoms with Gasteiger partial charge in [-0.3, -0.25) is 9.69 Å². The Morgan fingerprint density at radius 1 is 0.968 bits per heavy atom. The van der Waals surface area contributed by atoms with Crippen LogP contribution in [-0.4, -0.2) is 23.9 Å². The summed E-state index contributed by atoms with van der Waals surface area (Å²) in [5.41, 5.74) is 4.74. The summed E-state index contributed by atoms with van der Waals surface area (Å²) in [6.07, 6.45) is 2.03. The Kier molecular flexibility index (Phi) is 7.44. The van der Waals surface area contributed by atoms with Crippen LogP contribution in [0.1, 0.15) is 29.5 Å². The van der Waals surface area contributed by atoms with Crippen molar-refractivity contribution in [3.8, 4) is 0 Å². The summed E-state index contributed by atoms with van der Waals surface area (Å²) in [7, 11) is 0. The fraction of sp³-hybridized carbons (Fsp3) is 0.296. The first-order valence-electron chi connectivity index (χ1n) is 11.0. The lowest BCUT2D eigenvalue weighted by Crippen LogP contribution is -2.40. The van der Waals surface area contributed by atoms with Crippen molar-refractivity contribution in [2.45, 2.75) is 37.0 Å². The second-order valence-electron chi connectivity index (χ2n) is 8.35. The van der Waals surface area contributed by atoms with Crippen LogP contribution in [0.4, 0.5) is 5.69 Å². The molecule has 0 aliphatic carbocycles. The molecule has 1 fully saturated rings. The van der Waals surface area contributed by atoms with Crippen molar-refractivity contribution in [1.82, 2.24) is 4.90 Å². The van der Waals surface area contributed by atoms with Gasteiger partial charge in [0.2, 0.25) is 5.91 Å². The molecular weight excluding hydrogens is 400 g/mol. The minimum absolute atomic E-state index is 0.0486. The first-order chi connectivity index (χ1) is 15.2. The van der Waals surface area contributed by atoms with Crippen LogP contribution in [0.3, 0.4) is 0 Å². The molecule has 1 unspecified atom stereocenters. The largest absolute Gasteiger partial charge is 0.326 e. The molecule has 1 saturated heterocycles. The molecule has 3 aromatic rings. The van der Waals surface area contributed by atoms with Gasteiger partial charge in [0.05, 0.1) is 5.92 Å². The minimum Gasteiger partial charge on any atom is -0.326 e. The van der Waals surface area contributed by atoms with Gasteiger partial charge in [0.1, 0.15) is 0 Å². The smallest absolute Gasteiger partial charge is 0.228 e. The van der Waals surface area contributed by atoms with Crippen LogP contribution in [0.2, 0.25) is 0 Å². The van der Waals surface area contributed by atoms with Gasteiger partial charge in [-0.2, -0.15) is 0 Å². The first kappa shape index (κ1) is 21.7. The van der Waals surface area contributed by atoms with Gasteiger partial charge in [-0.05, 0) is 61.7 Å². The Balaban J connectivity index is 1.27. The fourth-order valence-corrected chi connectivity index (χ4v) is 4.85. The van der Waals surface area contributed by atoms with E-state index in [2.05, 4.69) is 77.8 Å². The molecule has 0 radical (unpaired) electrons. The molecule has 3 nitrogen and oxygen atoms in total. The number of carbonyl (C=O) groups is 1. The van der Waals surface area contributed by atoms with Crippen LogP contribution in [-0.2, 0) is 17.1 Å². The quantitative estimate of drug-likeness (QED) is 0.457. The number of anilines is 1. The predicted molar refractivity (Wildman–Crippen MR) is 130 cm³/mol. The number of aryl methyl sites for hydroxylation is 1. The molecule has 4 heteroatoms. The van der Waals surface area contributed by atoms with Crippen LogP contribution in [0, 0.1) is 12.8 Å². The van der Waals surface area contributed by atoms with E-state index in [1.165, 1.54) is 21.6 Å². The van der Waals surface area contributed by atoms with Crippen molar-refractivity contribution in [2.75, 3.05) is 18.4 Å². The highest BCUT2D eigenvalue weighted by molar-refractivity contribution is 7.98. The Labute approximate surface area is 189 Å². The van der Waals surface area contributed by atoms with E-state index in [1.54, 1.807) is 0 Å². The second-order valence-corrected chi connectivity index (χ2v) is 9.40. The maximum absolute atomic E-state index is 12.9. The Morgan fingerprint density at radius 3 is 2.42 bits per heavy atom. The van der Waals surface area contributed by atoms with Gasteiger partial charge < -0.3 is 5.32 Å². The van der Waals surface area contributed by atoms with E-state index in [-0.39, 0.29) is 11.8 Å². The molecule has 31 heavy (non-hydrogen) atoms. The molecule has 1 N–H and O–H groups in total. The number of hydrogen-bond acceptors (Lipinski definition) is 3. The monoisotopic (exact) mass is 430 g/mol. The van der Waals surface area contributed by atoms with Crippen molar-refractivity contribution in [1.29, 1.82) is 0 Å². The van der Waals surface area contributed by atoms with Crippen molar-refractivity contribution in [3.05, 3.63) is 95.6 Å². The van der Waals surface area contributed by atoms with Gasteiger partial charge in [-0.25, -0.2) is 0 Å². The van der Waals surface area contributed by atoms with Crippen molar-refractivity contribution < 1.29 is 4.79 Å². The number of likely N-dealkylation sites (tertiary alicyclic amines) is 1. The average molecular weight is 431 g/mol. The zero-order valence-corrected chi connectivity index (χ0v) is 18.9. The van der Waals surface area contributed by atoms with E-state index >= 15 is 0 Å². The van der Waals surface area contributed by atoms with E-state index < -0.39 is 0 Å². The standard InChI is InChI=1S/C27H30N2OS/c1-21-9-11-22(12-10-21)18-29-17-5-6-24(19-29)27(30)28-25-15-13-23(14-16-25)20-31-26-7-3-2-4-8-26/h2-4,7-16,24H,5-6,17-20H2,1H3,(H,28,30). The maximum atomic E-state index is 12.9. The summed E-state index contributed by atoms with van der Waals surface area (Å²) >= 11 is 1.82. The molecule has 160 valence electrons. The number of benzene rings is 3. The summed E-state index contributed by atoms with van der Waals surface area (Å²) in [5.74, 6) is 1.11. The lowest BCUT2D eigenvalue weighted by molar-refractivity contribution is -0.121. The number of hydrogen-bond donors (Lipinski definition) is 1. The zero-order valence-electron chi connectivity index (χ0n) is 18.1.